The standard InChI is InChI=1S/C5H5N4O/c1-6-5(10)4-8-2-7-3-9-4/h2H,1H3,(H,6,10). The van der Waals surface area contributed by atoms with Crippen LogP contribution < -0.4 is 5.32 Å². The van der Waals surface area contributed by atoms with Crippen molar-refractivity contribution in [1.82, 2.24) is 20.3 Å². The number of carbonyl (C=O) groups is 1. The Morgan fingerprint density at radius 3 is 3.10 bits per heavy atom. The molecule has 0 saturated heterocycles. The molecule has 0 bridgehead atoms. The van der Waals surface area contributed by atoms with E-state index in [1.807, 2.05) is 0 Å². The fourth-order valence-electron chi connectivity index (χ4n) is 0.436. The fraction of sp³-hybridized carbons (Fsp3) is 0.200. The van der Waals surface area contributed by atoms with Crippen LogP contribution in [0.3, 0.4) is 0 Å². The zero-order chi connectivity index (χ0) is 7.40. The Hall–Kier alpha value is -1.52. The first-order valence-electron chi connectivity index (χ1n) is 2.61. The summed E-state index contributed by atoms with van der Waals surface area (Å²) in [6.07, 6.45) is 3.47. The van der Waals surface area contributed by atoms with Crippen molar-refractivity contribution in [3.05, 3.63) is 18.5 Å². The summed E-state index contributed by atoms with van der Waals surface area (Å²) in [4.78, 5) is 21.2. The molecule has 51 valence electrons. The van der Waals surface area contributed by atoms with Crippen molar-refractivity contribution in [2.75, 3.05) is 7.05 Å². The Kier molecular flexibility index (Phi) is 1.89. The first-order valence-corrected chi connectivity index (χ1v) is 2.61. The predicted molar refractivity (Wildman–Crippen MR) is 32.1 cm³/mol. The smallest absolute Gasteiger partial charge is 0.288 e. The van der Waals surface area contributed by atoms with E-state index in [0.29, 0.717) is 0 Å². The van der Waals surface area contributed by atoms with Crippen LogP contribution in [0.25, 0.3) is 0 Å². The average Bonchev–Trinajstić information content (AvgIpc) is 2.05. The lowest BCUT2D eigenvalue weighted by molar-refractivity contribution is 0.0952. The van der Waals surface area contributed by atoms with Gasteiger partial charge in [0.05, 0.1) is 0 Å². The number of hydrogen-bond acceptors (Lipinski definition) is 4. The van der Waals surface area contributed by atoms with E-state index in [4.69, 9.17) is 0 Å². The van der Waals surface area contributed by atoms with Gasteiger partial charge in [-0.05, 0) is 0 Å². The van der Waals surface area contributed by atoms with E-state index in [1.165, 1.54) is 13.4 Å². The molecule has 0 spiro atoms. The highest BCUT2D eigenvalue weighted by atomic mass is 16.2. The summed E-state index contributed by atoms with van der Waals surface area (Å²) < 4.78 is 0. The zero-order valence-corrected chi connectivity index (χ0v) is 5.33. The molecule has 0 unspecified atom stereocenters. The minimum absolute atomic E-state index is 0.0810. The van der Waals surface area contributed by atoms with E-state index in [-0.39, 0.29) is 11.7 Å². The first-order chi connectivity index (χ1) is 4.84. The Bertz CT molecular complexity index is 222. The summed E-state index contributed by atoms with van der Waals surface area (Å²) in [6, 6.07) is 0. The summed E-state index contributed by atoms with van der Waals surface area (Å²) in [6.45, 7) is 0. The molecule has 0 aliphatic rings. The van der Waals surface area contributed by atoms with Gasteiger partial charge in [0.25, 0.3) is 5.91 Å². The molecular formula is C5H5N4O. The van der Waals surface area contributed by atoms with E-state index < -0.39 is 0 Å². The first kappa shape index (κ1) is 6.60. The summed E-state index contributed by atoms with van der Waals surface area (Å²) in [5.41, 5.74) is 0. The molecule has 0 aliphatic carbocycles. The summed E-state index contributed by atoms with van der Waals surface area (Å²) in [5.74, 6) is -0.254. The van der Waals surface area contributed by atoms with Crippen LogP contribution in [0.5, 0.6) is 0 Å². The van der Waals surface area contributed by atoms with Crippen molar-refractivity contribution in [2.24, 2.45) is 0 Å². The molecule has 1 heterocycles. The van der Waals surface area contributed by atoms with Gasteiger partial charge in [0.15, 0.2) is 0 Å². The van der Waals surface area contributed by atoms with Crippen LogP contribution in [0, 0.1) is 6.33 Å². The van der Waals surface area contributed by atoms with Gasteiger partial charge in [0.2, 0.25) is 12.2 Å². The van der Waals surface area contributed by atoms with Crippen molar-refractivity contribution in [3.63, 3.8) is 0 Å². The lowest BCUT2D eigenvalue weighted by atomic mass is 10.6. The van der Waals surface area contributed by atoms with Gasteiger partial charge < -0.3 is 5.32 Å². The molecule has 5 heteroatoms. The number of nitrogens with zero attached hydrogens (tertiary/aromatic N) is 3. The SMILES string of the molecule is CNC(=O)c1n[c]ncn1. The second-order valence-corrected chi connectivity index (χ2v) is 1.49. The maximum Gasteiger partial charge on any atom is 0.288 e. The fourth-order valence-corrected chi connectivity index (χ4v) is 0.436. The lowest BCUT2D eigenvalue weighted by Gasteiger charge is -1.92. The highest BCUT2D eigenvalue weighted by molar-refractivity contribution is 5.89. The number of nitrogens with one attached hydrogen (secondary N) is 1. The van der Waals surface area contributed by atoms with Crippen LogP contribution in [0.1, 0.15) is 10.6 Å². The van der Waals surface area contributed by atoms with Crippen LogP contribution in [0.4, 0.5) is 0 Å². The number of aromatic nitrogens is 3. The molecule has 1 aromatic heterocycles. The molecule has 0 fully saturated rings. The van der Waals surface area contributed by atoms with Crippen molar-refractivity contribution in [2.45, 2.75) is 0 Å². The van der Waals surface area contributed by atoms with Gasteiger partial charge in [-0.15, -0.1) is 0 Å². The number of carbonyl (C=O) groups excluding carboxylic acids is 1. The molecule has 1 rings (SSSR count). The molecule has 1 amide bonds. The topological polar surface area (TPSA) is 67.8 Å². The Morgan fingerprint density at radius 1 is 1.80 bits per heavy atom. The van der Waals surface area contributed by atoms with Gasteiger partial charge in [-0.2, -0.15) is 0 Å². The molecule has 0 aromatic carbocycles. The number of rotatable bonds is 1. The summed E-state index contributed by atoms with van der Waals surface area (Å²) >= 11 is 0. The van der Waals surface area contributed by atoms with Gasteiger partial charge in [0.1, 0.15) is 6.33 Å². The van der Waals surface area contributed by atoms with Crippen LogP contribution in [0.2, 0.25) is 0 Å². The normalized spacial score (nSPS) is 8.90. The molecule has 0 atom stereocenters. The van der Waals surface area contributed by atoms with Gasteiger partial charge in [-0.3, -0.25) is 4.79 Å². The lowest BCUT2D eigenvalue weighted by Crippen LogP contribution is -2.20. The van der Waals surface area contributed by atoms with E-state index in [0.717, 1.165) is 0 Å². The minimum Gasteiger partial charge on any atom is -0.352 e. The van der Waals surface area contributed by atoms with Crippen LogP contribution in [-0.4, -0.2) is 27.9 Å². The van der Waals surface area contributed by atoms with Crippen molar-refractivity contribution in [3.8, 4) is 0 Å². The summed E-state index contributed by atoms with van der Waals surface area (Å²) in [5, 5.41) is 2.37. The predicted octanol–water partition coefficient (Wildman–Crippen LogP) is -0.969. The third kappa shape index (κ3) is 1.25. The molecular weight excluding hydrogens is 132 g/mol. The van der Waals surface area contributed by atoms with E-state index >= 15 is 0 Å². The van der Waals surface area contributed by atoms with Gasteiger partial charge in [-0.1, -0.05) is 0 Å². The number of amides is 1. The monoisotopic (exact) mass is 137 g/mol. The maximum absolute atomic E-state index is 10.7. The van der Waals surface area contributed by atoms with Crippen molar-refractivity contribution >= 4 is 5.91 Å². The molecule has 1 radical (unpaired) electrons. The minimum atomic E-state index is -0.335. The van der Waals surface area contributed by atoms with Crippen molar-refractivity contribution < 1.29 is 4.79 Å². The second-order valence-electron chi connectivity index (χ2n) is 1.49. The van der Waals surface area contributed by atoms with Gasteiger partial charge >= 0.3 is 0 Å². The van der Waals surface area contributed by atoms with E-state index in [2.05, 4.69) is 26.6 Å². The van der Waals surface area contributed by atoms with Crippen LogP contribution in [-0.2, 0) is 0 Å². The zero-order valence-electron chi connectivity index (χ0n) is 5.33. The Morgan fingerprint density at radius 2 is 2.60 bits per heavy atom. The third-order valence-electron chi connectivity index (χ3n) is 0.882. The van der Waals surface area contributed by atoms with Crippen molar-refractivity contribution in [1.29, 1.82) is 0 Å². The molecule has 0 saturated carbocycles. The molecule has 5 nitrogen and oxygen atoms in total. The quantitative estimate of drug-likeness (QED) is 0.540. The van der Waals surface area contributed by atoms with Gasteiger partial charge in [-0.25, -0.2) is 15.0 Å². The molecule has 1 aromatic rings. The summed E-state index contributed by atoms with van der Waals surface area (Å²) in [7, 11) is 1.51. The van der Waals surface area contributed by atoms with E-state index in [1.54, 1.807) is 0 Å². The average molecular weight is 137 g/mol. The van der Waals surface area contributed by atoms with Crippen LogP contribution in [0.15, 0.2) is 6.33 Å². The largest absolute Gasteiger partial charge is 0.352 e. The Labute approximate surface area is 57.5 Å². The molecule has 0 aliphatic heterocycles. The van der Waals surface area contributed by atoms with E-state index in [9.17, 15) is 4.79 Å². The number of hydrogen-bond donors (Lipinski definition) is 1. The highest BCUT2D eigenvalue weighted by Gasteiger charge is 2.03. The molecule has 10 heavy (non-hydrogen) atoms. The highest BCUT2D eigenvalue weighted by Crippen LogP contribution is 1.81. The Balaban J connectivity index is 2.85. The maximum atomic E-state index is 10.7. The van der Waals surface area contributed by atoms with Gasteiger partial charge in [0, 0.05) is 7.05 Å². The third-order valence-corrected chi connectivity index (χ3v) is 0.882. The second kappa shape index (κ2) is 2.86. The van der Waals surface area contributed by atoms with Crippen LogP contribution >= 0.6 is 0 Å². The molecule has 1 N–H and O–H groups in total.